The minimum absolute atomic E-state index is 0.101. The zero-order valence-electron chi connectivity index (χ0n) is 13.1. The number of carbonyl (C=O) groups is 1. The van der Waals surface area contributed by atoms with Crippen LogP contribution in [-0.2, 0) is 9.53 Å². The van der Waals surface area contributed by atoms with Crippen LogP contribution in [0.1, 0.15) is 54.4 Å². The summed E-state index contributed by atoms with van der Waals surface area (Å²) < 4.78 is 4.92. The maximum Gasteiger partial charge on any atom is 0.332 e. The summed E-state index contributed by atoms with van der Waals surface area (Å²) in [5.41, 5.74) is 1.07. The van der Waals surface area contributed by atoms with Gasteiger partial charge in [0.25, 0.3) is 0 Å². The van der Waals surface area contributed by atoms with E-state index in [1.165, 1.54) is 6.08 Å². The van der Waals surface area contributed by atoms with Crippen molar-refractivity contribution in [2.45, 2.75) is 71.5 Å². The number of rotatable bonds is 4. The topological polar surface area (TPSA) is 50.4 Å². The molecule has 1 rings (SSSR count). The van der Waals surface area contributed by atoms with Crippen molar-refractivity contribution in [2.75, 3.05) is 6.61 Å². The van der Waals surface area contributed by atoms with Gasteiger partial charge in [-0.15, -0.1) is 0 Å². The van der Waals surface area contributed by atoms with E-state index >= 15 is 0 Å². The molecule has 0 aliphatic carbocycles. The highest BCUT2D eigenvalue weighted by molar-refractivity contribution is 5.82. The van der Waals surface area contributed by atoms with Crippen LogP contribution in [0, 0.1) is 0 Å². The largest absolute Gasteiger partial charge is 0.463 e. The molecule has 4 nitrogen and oxygen atoms in total. The fourth-order valence-corrected chi connectivity index (χ4v) is 3.15. The number of nitrogens with one attached hydrogen (secondary N) is 2. The lowest BCUT2D eigenvalue weighted by molar-refractivity contribution is -0.137. The number of carbonyl (C=O) groups excluding carboxylic acids is 1. The SMILES string of the molecule is CCOC(=O)/C=C(/C)NC1CC(C)(C)NC(C)(C)C1. The van der Waals surface area contributed by atoms with E-state index < -0.39 is 0 Å². The molecular weight excluding hydrogens is 240 g/mol. The zero-order valence-corrected chi connectivity index (χ0v) is 13.1. The zero-order chi connectivity index (χ0) is 14.7. The number of ether oxygens (including phenoxy) is 1. The third-order valence-corrected chi connectivity index (χ3v) is 3.24. The normalized spacial score (nSPS) is 22.9. The van der Waals surface area contributed by atoms with Gasteiger partial charge < -0.3 is 15.4 Å². The van der Waals surface area contributed by atoms with Crippen molar-refractivity contribution in [3.05, 3.63) is 11.8 Å². The van der Waals surface area contributed by atoms with Gasteiger partial charge in [-0.05, 0) is 54.4 Å². The van der Waals surface area contributed by atoms with Gasteiger partial charge in [0.1, 0.15) is 0 Å². The van der Waals surface area contributed by atoms with Gasteiger partial charge in [0.15, 0.2) is 0 Å². The monoisotopic (exact) mass is 268 g/mol. The second kappa shape index (κ2) is 5.95. The van der Waals surface area contributed by atoms with Crippen molar-refractivity contribution in [3.8, 4) is 0 Å². The lowest BCUT2D eigenvalue weighted by atomic mass is 9.79. The standard InChI is InChI=1S/C15H28N2O2/c1-7-19-13(18)8-11(2)16-12-9-14(3,4)17-15(5,6)10-12/h8,12,16-17H,7,9-10H2,1-6H3/b11-8-. The molecule has 4 heteroatoms. The van der Waals surface area contributed by atoms with Crippen LogP contribution >= 0.6 is 0 Å². The number of hydrogen-bond acceptors (Lipinski definition) is 4. The third kappa shape index (κ3) is 5.64. The molecule has 1 saturated heterocycles. The summed E-state index contributed by atoms with van der Waals surface area (Å²) in [6.45, 7) is 13.0. The van der Waals surface area contributed by atoms with Crippen LogP contribution in [0.5, 0.6) is 0 Å². The van der Waals surface area contributed by atoms with Gasteiger partial charge in [-0.25, -0.2) is 4.79 Å². The van der Waals surface area contributed by atoms with Crippen molar-refractivity contribution < 1.29 is 9.53 Å². The summed E-state index contributed by atoms with van der Waals surface area (Å²) in [4.78, 5) is 11.4. The highest BCUT2D eigenvalue weighted by Gasteiger charge is 2.37. The van der Waals surface area contributed by atoms with Gasteiger partial charge in [-0.2, -0.15) is 0 Å². The molecule has 0 bridgehead atoms. The van der Waals surface area contributed by atoms with E-state index in [0.717, 1.165) is 18.5 Å². The molecule has 0 atom stereocenters. The first kappa shape index (κ1) is 16.0. The predicted molar refractivity (Wildman–Crippen MR) is 77.8 cm³/mol. The number of piperidine rings is 1. The van der Waals surface area contributed by atoms with Gasteiger partial charge in [-0.3, -0.25) is 0 Å². The van der Waals surface area contributed by atoms with Gasteiger partial charge in [-0.1, -0.05) is 0 Å². The first-order chi connectivity index (χ1) is 8.63. The van der Waals surface area contributed by atoms with Crippen LogP contribution in [-0.4, -0.2) is 29.7 Å². The second-order valence-electron chi connectivity index (χ2n) is 6.72. The highest BCUT2D eigenvalue weighted by Crippen LogP contribution is 2.28. The predicted octanol–water partition coefficient (Wildman–Crippen LogP) is 2.35. The molecule has 19 heavy (non-hydrogen) atoms. The van der Waals surface area contributed by atoms with Crippen molar-refractivity contribution in [1.29, 1.82) is 0 Å². The number of allylic oxidation sites excluding steroid dienone is 1. The van der Waals surface area contributed by atoms with E-state index in [2.05, 4.69) is 38.3 Å². The van der Waals surface area contributed by atoms with Crippen molar-refractivity contribution in [3.63, 3.8) is 0 Å². The average Bonchev–Trinajstić information content (AvgIpc) is 2.10. The minimum atomic E-state index is -0.278. The lowest BCUT2D eigenvalue weighted by Gasteiger charge is -2.47. The molecule has 110 valence electrons. The van der Waals surface area contributed by atoms with Gasteiger partial charge in [0.05, 0.1) is 6.61 Å². The molecule has 1 fully saturated rings. The molecular formula is C15H28N2O2. The first-order valence-corrected chi connectivity index (χ1v) is 7.04. The molecule has 0 radical (unpaired) electrons. The van der Waals surface area contributed by atoms with Crippen LogP contribution in [0.25, 0.3) is 0 Å². The summed E-state index contributed by atoms with van der Waals surface area (Å²) in [5, 5.41) is 7.08. The Kier molecular flexibility index (Phi) is 5.02. The number of hydrogen-bond donors (Lipinski definition) is 2. The summed E-state index contributed by atoms with van der Waals surface area (Å²) >= 11 is 0. The first-order valence-electron chi connectivity index (χ1n) is 7.04. The molecule has 0 aromatic rings. The minimum Gasteiger partial charge on any atom is -0.463 e. The quantitative estimate of drug-likeness (QED) is 0.607. The molecule has 0 saturated carbocycles. The van der Waals surface area contributed by atoms with Crippen LogP contribution < -0.4 is 10.6 Å². The molecule has 0 spiro atoms. The van der Waals surface area contributed by atoms with E-state index in [0.29, 0.717) is 12.6 Å². The molecule has 0 unspecified atom stereocenters. The molecule has 1 heterocycles. The van der Waals surface area contributed by atoms with Crippen molar-refractivity contribution >= 4 is 5.97 Å². The van der Waals surface area contributed by atoms with E-state index in [1.54, 1.807) is 0 Å². The van der Waals surface area contributed by atoms with Gasteiger partial charge in [0, 0.05) is 28.9 Å². The lowest BCUT2D eigenvalue weighted by Crippen LogP contribution is -2.61. The Balaban J connectivity index is 2.63. The Morgan fingerprint density at radius 1 is 1.32 bits per heavy atom. The Hall–Kier alpha value is -1.03. The molecule has 2 N–H and O–H groups in total. The molecule has 0 aromatic heterocycles. The summed E-state index contributed by atoms with van der Waals surface area (Å²) in [6.07, 6.45) is 3.60. The van der Waals surface area contributed by atoms with E-state index in [4.69, 9.17) is 4.74 Å². The maximum atomic E-state index is 11.4. The molecule has 0 aromatic carbocycles. The Morgan fingerprint density at radius 3 is 2.32 bits per heavy atom. The van der Waals surface area contributed by atoms with Crippen molar-refractivity contribution in [1.82, 2.24) is 10.6 Å². The summed E-state index contributed by atoms with van der Waals surface area (Å²) in [7, 11) is 0. The van der Waals surface area contributed by atoms with E-state index in [1.807, 2.05) is 13.8 Å². The Bertz CT molecular complexity index is 343. The van der Waals surface area contributed by atoms with Gasteiger partial charge >= 0.3 is 5.97 Å². The highest BCUT2D eigenvalue weighted by atomic mass is 16.5. The van der Waals surface area contributed by atoms with Crippen molar-refractivity contribution in [2.24, 2.45) is 0 Å². The Morgan fingerprint density at radius 2 is 1.84 bits per heavy atom. The fraction of sp³-hybridized carbons (Fsp3) is 0.800. The molecule has 1 aliphatic rings. The average molecular weight is 268 g/mol. The fourth-order valence-electron chi connectivity index (χ4n) is 3.15. The summed E-state index contributed by atoms with van der Waals surface area (Å²) in [5.74, 6) is -0.278. The third-order valence-electron chi connectivity index (χ3n) is 3.24. The van der Waals surface area contributed by atoms with Crippen LogP contribution in [0.3, 0.4) is 0 Å². The number of esters is 1. The van der Waals surface area contributed by atoms with E-state index in [-0.39, 0.29) is 17.0 Å². The van der Waals surface area contributed by atoms with Crippen LogP contribution in [0.2, 0.25) is 0 Å². The second-order valence-corrected chi connectivity index (χ2v) is 6.72. The molecule has 1 aliphatic heterocycles. The maximum absolute atomic E-state index is 11.4. The molecule has 0 amide bonds. The summed E-state index contributed by atoms with van der Waals surface area (Å²) in [6, 6.07) is 0.372. The smallest absolute Gasteiger partial charge is 0.332 e. The van der Waals surface area contributed by atoms with Crippen LogP contribution in [0.4, 0.5) is 0 Å². The van der Waals surface area contributed by atoms with E-state index in [9.17, 15) is 4.79 Å². The van der Waals surface area contributed by atoms with Gasteiger partial charge in [0.2, 0.25) is 0 Å². The Labute approximate surface area is 117 Å². The van der Waals surface area contributed by atoms with Crippen LogP contribution in [0.15, 0.2) is 11.8 Å².